The number of aliphatic hydroxyl groups is 1. The fraction of sp³-hybridized carbons (Fsp3) is 0.400. The number of nitrogens with zero attached hydrogens (tertiary/aromatic N) is 1. The van der Waals surface area contributed by atoms with E-state index in [1.165, 1.54) is 0 Å². The molecule has 1 aliphatic rings. The molecule has 0 radical (unpaired) electrons. The highest BCUT2D eigenvalue weighted by molar-refractivity contribution is 5.58. The van der Waals surface area contributed by atoms with E-state index < -0.39 is 6.23 Å². The lowest BCUT2D eigenvalue weighted by Gasteiger charge is -2.13. The number of nitrogens with two attached hydrogens (primary N) is 1. The lowest BCUT2D eigenvalue weighted by molar-refractivity contribution is 0.0338. The van der Waals surface area contributed by atoms with Crippen LogP contribution in [0.2, 0.25) is 0 Å². The largest absolute Gasteiger partial charge is 0.495 e. The summed E-state index contributed by atoms with van der Waals surface area (Å²) in [4.78, 5) is 1.85. The van der Waals surface area contributed by atoms with E-state index in [1.54, 1.807) is 13.2 Å². The predicted octanol–water partition coefficient (Wildman–Crippen LogP) is 0.714. The van der Waals surface area contributed by atoms with Crippen LogP contribution in [0.5, 0.6) is 5.75 Å². The molecule has 0 amide bonds. The van der Waals surface area contributed by atoms with Gasteiger partial charge in [0.15, 0.2) is 0 Å². The first-order valence-corrected chi connectivity index (χ1v) is 4.48. The maximum Gasteiger partial charge on any atom is 0.142 e. The zero-order valence-electron chi connectivity index (χ0n) is 8.32. The van der Waals surface area contributed by atoms with E-state index in [0.29, 0.717) is 11.4 Å². The molecule has 0 fully saturated rings. The van der Waals surface area contributed by atoms with Gasteiger partial charge in [-0.2, -0.15) is 0 Å². The molecule has 0 aromatic heterocycles. The number of ether oxygens (including phenoxy) is 1. The molecule has 0 spiro atoms. The molecule has 1 aromatic rings. The van der Waals surface area contributed by atoms with Crippen LogP contribution in [0.15, 0.2) is 12.1 Å². The lowest BCUT2D eigenvalue weighted by atomic mass is 10.1. The van der Waals surface area contributed by atoms with E-state index >= 15 is 0 Å². The highest BCUT2D eigenvalue weighted by Crippen LogP contribution is 2.36. The Labute approximate surface area is 82.9 Å². The Balaban J connectivity index is 2.49. The van der Waals surface area contributed by atoms with E-state index in [1.807, 2.05) is 18.0 Å². The van der Waals surface area contributed by atoms with Gasteiger partial charge >= 0.3 is 0 Å². The summed E-state index contributed by atoms with van der Waals surface area (Å²) in [7, 11) is 3.46. The maximum atomic E-state index is 9.77. The minimum atomic E-state index is -0.543. The second-order valence-corrected chi connectivity index (χ2v) is 3.58. The van der Waals surface area contributed by atoms with E-state index in [9.17, 15) is 5.11 Å². The number of hydrogen-bond acceptors (Lipinski definition) is 4. The Morgan fingerprint density at radius 2 is 2.29 bits per heavy atom. The summed E-state index contributed by atoms with van der Waals surface area (Å²) in [5, 5.41) is 9.77. The molecule has 0 saturated carbocycles. The Morgan fingerprint density at radius 1 is 1.57 bits per heavy atom. The van der Waals surface area contributed by atoms with Crippen LogP contribution in [-0.4, -0.2) is 24.2 Å². The van der Waals surface area contributed by atoms with Crippen molar-refractivity contribution in [1.82, 2.24) is 4.90 Å². The predicted molar refractivity (Wildman–Crippen MR) is 53.8 cm³/mol. The Hall–Kier alpha value is -1.26. The highest BCUT2D eigenvalue weighted by atomic mass is 16.5. The summed E-state index contributed by atoms with van der Waals surface area (Å²) in [6, 6.07) is 3.67. The smallest absolute Gasteiger partial charge is 0.142 e. The molecule has 4 nitrogen and oxygen atoms in total. The van der Waals surface area contributed by atoms with Crippen molar-refractivity contribution >= 4 is 5.69 Å². The van der Waals surface area contributed by atoms with E-state index in [0.717, 1.165) is 17.7 Å². The van der Waals surface area contributed by atoms with E-state index in [-0.39, 0.29) is 0 Å². The molecule has 14 heavy (non-hydrogen) atoms. The van der Waals surface area contributed by atoms with Crippen molar-refractivity contribution in [3.05, 3.63) is 23.3 Å². The third-order valence-electron chi connectivity index (χ3n) is 2.61. The first-order valence-electron chi connectivity index (χ1n) is 4.48. The van der Waals surface area contributed by atoms with E-state index in [2.05, 4.69) is 0 Å². The third kappa shape index (κ3) is 1.23. The number of hydrogen-bond donors (Lipinski definition) is 2. The number of benzene rings is 1. The van der Waals surface area contributed by atoms with Crippen LogP contribution in [0.1, 0.15) is 17.4 Å². The van der Waals surface area contributed by atoms with Crippen molar-refractivity contribution in [2.45, 2.75) is 12.8 Å². The van der Waals surface area contributed by atoms with Gasteiger partial charge in [-0.25, -0.2) is 0 Å². The van der Waals surface area contributed by atoms with Gasteiger partial charge in [0.2, 0.25) is 0 Å². The fourth-order valence-corrected chi connectivity index (χ4v) is 1.80. The molecule has 1 aromatic carbocycles. The zero-order chi connectivity index (χ0) is 10.3. The Kier molecular flexibility index (Phi) is 2.09. The second-order valence-electron chi connectivity index (χ2n) is 3.58. The highest BCUT2D eigenvalue weighted by Gasteiger charge is 2.26. The molecular weight excluding hydrogens is 180 g/mol. The summed E-state index contributed by atoms with van der Waals surface area (Å²) < 4.78 is 5.12. The average molecular weight is 194 g/mol. The molecule has 1 unspecified atom stereocenters. The molecule has 0 bridgehead atoms. The van der Waals surface area contributed by atoms with Crippen LogP contribution in [0.3, 0.4) is 0 Å². The van der Waals surface area contributed by atoms with Crippen molar-refractivity contribution in [3.8, 4) is 5.75 Å². The van der Waals surface area contributed by atoms with Gasteiger partial charge in [-0.3, -0.25) is 4.90 Å². The van der Waals surface area contributed by atoms with Crippen molar-refractivity contribution in [2.75, 3.05) is 19.9 Å². The van der Waals surface area contributed by atoms with Crippen LogP contribution >= 0.6 is 0 Å². The van der Waals surface area contributed by atoms with Gasteiger partial charge in [-0.1, -0.05) is 0 Å². The molecule has 4 heteroatoms. The number of anilines is 1. The normalized spacial score (nSPS) is 20.9. The van der Waals surface area contributed by atoms with Crippen LogP contribution < -0.4 is 10.5 Å². The number of fused-ring (bicyclic) bond motifs is 1. The number of rotatable bonds is 1. The number of nitrogen functional groups attached to an aromatic ring is 1. The molecule has 0 aliphatic carbocycles. The molecule has 76 valence electrons. The van der Waals surface area contributed by atoms with Gasteiger partial charge < -0.3 is 15.6 Å². The monoisotopic (exact) mass is 194 g/mol. The topological polar surface area (TPSA) is 58.7 Å². The number of aliphatic hydroxyl groups excluding tert-OH is 1. The lowest BCUT2D eigenvalue weighted by Crippen LogP contribution is -2.15. The van der Waals surface area contributed by atoms with Gasteiger partial charge in [0.05, 0.1) is 12.8 Å². The van der Waals surface area contributed by atoms with Crippen LogP contribution in [0.25, 0.3) is 0 Å². The van der Waals surface area contributed by atoms with Crippen molar-refractivity contribution in [2.24, 2.45) is 0 Å². The van der Waals surface area contributed by atoms with Gasteiger partial charge in [-0.15, -0.1) is 0 Å². The van der Waals surface area contributed by atoms with Crippen LogP contribution in [0, 0.1) is 0 Å². The Morgan fingerprint density at radius 3 is 2.93 bits per heavy atom. The molecule has 1 heterocycles. The average Bonchev–Trinajstić information content (AvgIpc) is 2.43. The van der Waals surface area contributed by atoms with Crippen molar-refractivity contribution < 1.29 is 9.84 Å². The first-order chi connectivity index (χ1) is 6.63. The molecular formula is C10H14N2O2. The standard InChI is InChI=1S/C10H14N2O2/c1-12-5-6-3-9(14-2)8(11)4-7(6)10(12)13/h3-4,10,13H,5,11H2,1-2H3. The van der Waals surface area contributed by atoms with Gasteiger partial charge in [0, 0.05) is 12.1 Å². The quantitative estimate of drug-likeness (QED) is 0.646. The SMILES string of the molecule is COc1cc2c(cc1N)C(O)N(C)C2. The van der Waals surface area contributed by atoms with Gasteiger partial charge in [-0.05, 0) is 24.7 Å². The zero-order valence-corrected chi connectivity index (χ0v) is 8.32. The maximum absolute atomic E-state index is 9.77. The summed E-state index contributed by atoms with van der Waals surface area (Å²) in [5.41, 5.74) is 8.28. The molecule has 1 aliphatic heterocycles. The first kappa shape index (κ1) is 9.30. The van der Waals surface area contributed by atoms with Gasteiger partial charge in [0.1, 0.15) is 12.0 Å². The molecule has 1 atom stereocenters. The minimum absolute atomic E-state index is 0.543. The molecule has 2 rings (SSSR count). The van der Waals surface area contributed by atoms with Gasteiger partial charge in [0.25, 0.3) is 0 Å². The summed E-state index contributed by atoms with van der Waals surface area (Å²) in [6.07, 6.45) is -0.543. The molecule has 3 N–H and O–H groups in total. The second kappa shape index (κ2) is 3.15. The van der Waals surface area contributed by atoms with Crippen molar-refractivity contribution in [3.63, 3.8) is 0 Å². The third-order valence-corrected chi connectivity index (χ3v) is 2.61. The van der Waals surface area contributed by atoms with Crippen molar-refractivity contribution in [1.29, 1.82) is 0 Å². The summed E-state index contributed by atoms with van der Waals surface area (Å²) in [6.45, 7) is 0.729. The fourth-order valence-electron chi connectivity index (χ4n) is 1.80. The Bertz CT molecular complexity index is 365. The minimum Gasteiger partial charge on any atom is -0.495 e. The van der Waals surface area contributed by atoms with Crippen LogP contribution in [-0.2, 0) is 6.54 Å². The summed E-state index contributed by atoms with van der Waals surface area (Å²) in [5.74, 6) is 0.672. The van der Waals surface area contributed by atoms with E-state index in [4.69, 9.17) is 10.5 Å². The summed E-state index contributed by atoms with van der Waals surface area (Å²) >= 11 is 0. The van der Waals surface area contributed by atoms with Crippen LogP contribution in [0.4, 0.5) is 5.69 Å². The number of methoxy groups -OCH3 is 1. The molecule has 0 saturated heterocycles.